The van der Waals surface area contributed by atoms with Gasteiger partial charge >= 0.3 is 0 Å². The number of nitrogens with one attached hydrogen (secondary N) is 3. The largest absolute Gasteiger partial charge is 0.356 e. The highest BCUT2D eigenvalue weighted by atomic mass is 35.5. The Labute approximate surface area is 125 Å². The molecule has 0 fully saturated rings. The average Bonchev–Trinajstić information content (AvgIpc) is 2.79. The predicted octanol–water partition coefficient (Wildman–Crippen LogP) is 3.53. The number of hydrogen-bond donors (Lipinski definition) is 3. The van der Waals surface area contributed by atoms with Crippen molar-refractivity contribution >= 4 is 46.4 Å². The fraction of sp³-hybridized carbons (Fsp3) is 0.0769. The van der Waals surface area contributed by atoms with Crippen molar-refractivity contribution in [3.8, 4) is 0 Å². The summed E-state index contributed by atoms with van der Waals surface area (Å²) in [5, 5.41) is 6.04. The molecule has 0 aliphatic heterocycles. The molecule has 7 heteroatoms. The van der Waals surface area contributed by atoms with Crippen LogP contribution in [0.4, 0.5) is 11.4 Å². The van der Waals surface area contributed by atoms with E-state index >= 15 is 0 Å². The molecule has 0 saturated carbocycles. The first-order valence-electron chi connectivity index (χ1n) is 5.68. The lowest BCUT2D eigenvalue weighted by atomic mass is 10.2. The highest BCUT2D eigenvalue weighted by Gasteiger charge is 2.10. The molecule has 0 unspecified atom stereocenters. The van der Waals surface area contributed by atoms with Gasteiger partial charge in [0.15, 0.2) is 0 Å². The van der Waals surface area contributed by atoms with Crippen molar-refractivity contribution < 1.29 is 9.59 Å². The second-order valence-electron chi connectivity index (χ2n) is 4.06. The molecule has 2 rings (SSSR count). The van der Waals surface area contributed by atoms with E-state index in [1.165, 1.54) is 19.2 Å². The monoisotopic (exact) mass is 311 g/mol. The summed E-state index contributed by atoms with van der Waals surface area (Å²) in [6.45, 7) is 1.39. The van der Waals surface area contributed by atoms with Crippen LogP contribution in [0.15, 0.2) is 30.5 Å². The van der Waals surface area contributed by atoms with Gasteiger partial charge in [0.1, 0.15) is 5.69 Å². The fourth-order valence-electron chi connectivity index (χ4n) is 1.58. The number of rotatable bonds is 3. The van der Waals surface area contributed by atoms with Gasteiger partial charge in [0.2, 0.25) is 5.91 Å². The summed E-state index contributed by atoms with van der Waals surface area (Å²) in [5.41, 5.74) is 1.34. The summed E-state index contributed by atoms with van der Waals surface area (Å²) >= 11 is 11.7. The van der Waals surface area contributed by atoms with Gasteiger partial charge in [-0.2, -0.15) is 0 Å². The van der Waals surface area contributed by atoms with E-state index < -0.39 is 0 Å². The zero-order chi connectivity index (χ0) is 14.7. The second kappa shape index (κ2) is 5.98. The van der Waals surface area contributed by atoms with Crippen LogP contribution in [0.1, 0.15) is 17.4 Å². The molecular formula is C13H11Cl2N3O2. The number of H-pyrrole nitrogens is 1. The minimum absolute atomic E-state index is 0.218. The molecule has 3 N–H and O–H groups in total. The van der Waals surface area contributed by atoms with Crippen LogP contribution in [-0.4, -0.2) is 16.8 Å². The second-order valence-corrected chi connectivity index (χ2v) is 4.91. The first kappa shape index (κ1) is 14.4. The number of halogens is 2. The van der Waals surface area contributed by atoms with Crippen LogP contribution >= 0.6 is 23.2 Å². The molecule has 1 aromatic heterocycles. The van der Waals surface area contributed by atoms with Crippen LogP contribution in [0.25, 0.3) is 0 Å². The van der Waals surface area contributed by atoms with Crippen molar-refractivity contribution in [2.75, 3.05) is 10.6 Å². The summed E-state index contributed by atoms with van der Waals surface area (Å²) in [4.78, 5) is 25.6. The van der Waals surface area contributed by atoms with Crippen molar-refractivity contribution in [2.45, 2.75) is 6.92 Å². The molecule has 0 aliphatic rings. The van der Waals surface area contributed by atoms with Crippen molar-refractivity contribution in [3.05, 3.63) is 46.2 Å². The lowest BCUT2D eigenvalue weighted by Gasteiger charge is -2.08. The third kappa shape index (κ3) is 3.53. The number of carbonyl (C=O) groups is 2. The Morgan fingerprint density at radius 3 is 2.45 bits per heavy atom. The summed E-state index contributed by atoms with van der Waals surface area (Å²) in [7, 11) is 0. The van der Waals surface area contributed by atoms with Gasteiger partial charge < -0.3 is 15.6 Å². The Morgan fingerprint density at radius 1 is 1.15 bits per heavy atom. The van der Waals surface area contributed by atoms with E-state index in [9.17, 15) is 9.59 Å². The molecule has 2 amide bonds. The Balaban J connectivity index is 2.12. The van der Waals surface area contributed by atoms with Crippen LogP contribution in [0.5, 0.6) is 0 Å². The molecule has 104 valence electrons. The molecule has 20 heavy (non-hydrogen) atoms. The van der Waals surface area contributed by atoms with E-state index in [4.69, 9.17) is 23.2 Å². The van der Waals surface area contributed by atoms with E-state index in [-0.39, 0.29) is 11.8 Å². The third-order valence-corrected chi connectivity index (χ3v) is 2.96. The summed E-state index contributed by atoms with van der Waals surface area (Å²) < 4.78 is 0. The standard InChI is InChI=1S/C13H11Cl2N3O2/c1-7(19)17-11-3-2-9(5-10(11)15)18-13(20)12-4-8(14)6-16-12/h2-6,16H,1H3,(H,17,19)(H,18,20). The molecule has 1 heterocycles. The Hall–Kier alpha value is -1.98. The van der Waals surface area contributed by atoms with E-state index in [0.29, 0.717) is 27.1 Å². The summed E-state index contributed by atoms with van der Waals surface area (Å²) in [5.74, 6) is -0.551. The minimum atomic E-state index is -0.333. The Morgan fingerprint density at radius 2 is 1.90 bits per heavy atom. The number of benzene rings is 1. The summed E-state index contributed by atoms with van der Waals surface area (Å²) in [6, 6.07) is 6.32. The van der Waals surface area contributed by atoms with Gasteiger partial charge in [-0.3, -0.25) is 9.59 Å². The van der Waals surface area contributed by atoms with Crippen molar-refractivity contribution in [2.24, 2.45) is 0 Å². The van der Waals surface area contributed by atoms with Crippen LogP contribution in [0.3, 0.4) is 0 Å². The number of carbonyl (C=O) groups excluding carboxylic acids is 2. The number of amides is 2. The third-order valence-electron chi connectivity index (χ3n) is 2.43. The molecule has 0 aliphatic carbocycles. The molecule has 5 nitrogen and oxygen atoms in total. The van der Waals surface area contributed by atoms with E-state index in [1.54, 1.807) is 18.2 Å². The summed E-state index contributed by atoms with van der Waals surface area (Å²) in [6.07, 6.45) is 1.52. The van der Waals surface area contributed by atoms with Gasteiger partial charge in [0.25, 0.3) is 5.91 Å². The van der Waals surface area contributed by atoms with Gasteiger partial charge in [0, 0.05) is 18.8 Å². The lowest BCUT2D eigenvalue weighted by Crippen LogP contribution is -2.12. The topological polar surface area (TPSA) is 74.0 Å². The Kier molecular flexibility index (Phi) is 4.32. The maximum atomic E-state index is 11.9. The highest BCUT2D eigenvalue weighted by molar-refractivity contribution is 6.34. The fourth-order valence-corrected chi connectivity index (χ4v) is 1.97. The quantitative estimate of drug-likeness (QED) is 0.811. The van der Waals surface area contributed by atoms with Crippen LogP contribution in [0.2, 0.25) is 10.0 Å². The zero-order valence-corrected chi connectivity index (χ0v) is 12.0. The maximum Gasteiger partial charge on any atom is 0.272 e. The van der Waals surface area contributed by atoms with E-state index in [0.717, 1.165) is 0 Å². The molecule has 0 bridgehead atoms. The molecule has 2 aromatic rings. The predicted molar refractivity (Wildman–Crippen MR) is 79.5 cm³/mol. The van der Waals surface area contributed by atoms with Gasteiger partial charge in [-0.25, -0.2) is 0 Å². The molecule has 0 saturated heterocycles. The van der Waals surface area contributed by atoms with Crippen molar-refractivity contribution in [1.82, 2.24) is 4.98 Å². The first-order valence-corrected chi connectivity index (χ1v) is 6.43. The highest BCUT2D eigenvalue weighted by Crippen LogP contribution is 2.25. The van der Waals surface area contributed by atoms with E-state index in [2.05, 4.69) is 15.6 Å². The van der Waals surface area contributed by atoms with Crippen molar-refractivity contribution in [3.63, 3.8) is 0 Å². The average molecular weight is 312 g/mol. The number of aromatic amines is 1. The maximum absolute atomic E-state index is 11.9. The molecular weight excluding hydrogens is 301 g/mol. The number of anilines is 2. The molecule has 1 aromatic carbocycles. The normalized spacial score (nSPS) is 10.2. The van der Waals surface area contributed by atoms with Gasteiger partial charge in [-0.05, 0) is 24.3 Å². The van der Waals surface area contributed by atoms with E-state index in [1.807, 2.05) is 0 Å². The zero-order valence-electron chi connectivity index (χ0n) is 10.5. The van der Waals surface area contributed by atoms with Gasteiger partial charge in [-0.15, -0.1) is 0 Å². The van der Waals surface area contributed by atoms with Crippen LogP contribution in [-0.2, 0) is 4.79 Å². The molecule has 0 spiro atoms. The van der Waals surface area contributed by atoms with Crippen LogP contribution in [0, 0.1) is 0 Å². The van der Waals surface area contributed by atoms with Gasteiger partial charge in [-0.1, -0.05) is 23.2 Å². The van der Waals surface area contributed by atoms with Gasteiger partial charge in [0.05, 0.1) is 15.7 Å². The van der Waals surface area contributed by atoms with Crippen LogP contribution < -0.4 is 10.6 Å². The number of hydrogen-bond acceptors (Lipinski definition) is 2. The number of aromatic nitrogens is 1. The minimum Gasteiger partial charge on any atom is -0.356 e. The SMILES string of the molecule is CC(=O)Nc1ccc(NC(=O)c2cc(Cl)c[nH]2)cc1Cl. The molecule has 0 radical (unpaired) electrons. The Bertz CT molecular complexity index is 667. The van der Waals surface area contributed by atoms with Crippen molar-refractivity contribution in [1.29, 1.82) is 0 Å². The smallest absolute Gasteiger partial charge is 0.272 e. The molecule has 0 atom stereocenters. The first-order chi connectivity index (χ1) is 9.45. The lowest BCUT2D eigenvalue weighted by molar-refractivity contribution is -0.114.